The van der Waals surface area contributed by atoms with Gasteiger partial charge in [-0.15, -0.1) is 16.4 Å². The Bertz CT molecular complexity index is 622. The molecule has 1 aliphatic carbocycles. The highest BCUT2D eigenvalue weighted by Gasteiger charge is 2.21. The fourth-order valence-corrected chi connectivity index (χ4v) is 4.44. The lowest BCUT2D eigenvalue weighted by atomic mass is 9.96. The van der Waals surface area contributed by atoms with Crippen LogP contribution >= 0.6 is 23.1 Å². The molecule has 0 bridgehead atoms. The molecule has 0 atom stereocenters. The van der Waals surface area contributed by atoms with Crippen molar-refractivity contribution in [2.75, 3.05) is 12.8 Å². The molecule has 0 N–H and O–H groups in total. The molecule has 2 aromatic rings. The van der Waals surface area contributed by atoms with Crippen molar-refractivity contribution in [3.63, 3.8) is 0 Å². The Hall–Kier alpha value is -1.41. The van der Waals surface area contributed by atoms with Crippen LogP contribution in [0.2, 0.25) is 0 Å². The van der Waals surface area contributed by atoms with Crippen LogP contribution < -0.4 is 0 Å². The van der Waals surface area contributed by atoms with Crippen molar-refractivity contribution >= 4 is 29.0 Å². The summed E-state index contributed by atoms with van der Waals surface area (Å²) in [5.41, 5.74) is 0. The van der Waals surface area contributed by atoms with Gasteiger partial charge in [0.05, 0.1) is 18.3 Å². The van der Waals surface area contributed by atoms with Crippen molar-refractivity contribution in [3.8, 4) is 0 Å². The number of nitrogens with zero attached hydrogens (tertiary/aromatic N) is 5. The molecule has 1 amide bonds. The molecular formula is C15H21N5OS2. The summed E-state index contributed by atoms with van der Waals surface area (Å²) < 4.78 is 1.91. The highest BCUT2D eigenvalue weighted by atomic mass is 32.2. The second-order valence-electron chi connectivity index (χ2n) is 5.82. The first-order valence-electron chi connectivity index (χ1n) is 7.91. The Labute approximate surface area is 144 Å². The number of tetrazole rings is 1. The van der Waals surface area contributed by atoms with Gasteiger partial charge in [0.2, 0.25) is 11.1 Å². The van der Waals surface area contributed by atoms with Crippen molar-refractivity contribution in [1.82, 2.24) is 25.1 Å². The summed E-state index contributed by atoms with van der Waals surface area (Å²) in [6.45, 7) is 0.657. The van der Waals surface area contributed by atoms with E-state index >= 15 is 0 Å². The number of hydrogen-bond acceptors (Lipinski definition) is 6. The molecule has 124 valence electrons. The zero-order valence-corrected chi connectivity index (χ0v) is 14.9. The van der Waals surface area contributed by atoms with Crippen LogP contribution in [0.5, 0.6) is 0 Å². The number of rotatable bonds is 6. The predicted molar refractivity (Wildman–Crippen MR) is 91.5 cm³/mol. The van der Waals surface area contributed by atoms with E-state index in [1.54, 1.807) is 16.2 Å². The molecule has 1 saturated carbocycles. The van der Waals surface area contributed by atoms with Crippen molar-refractivity contribution in [1.29, 1.82) is 0 Å². The van der Waals surface area contributed by atoms with E-state index in [4.69, 9.17) is 0 Å². The Morgan fingerprint density at radius 1 is 1.43 bits per heavy atom. The summed E-state index contributed by atoms with van der Waals surface area (Å²) in [4.78, 5) is 15.2. The van der Waals surface area contributed by atoms with Gasteiger partial charge in [-0.25, -0.2) is 4.68 Å². The number of carbonyl (C=O) groups is 1. The molecule has 2 aromatic heterocycles. The first kappa shape index (κ1) is 16.4. The molecule has 23 heavy (non-hydrogen) atoms. The average molecular weight is 352 g/mol. The maximum atomic E-state index is 12.3. The third-order valence-electron chi connectivity index (χ3n) is 4.11. The topological polar surface area (TPSA) is 63.9 Å². The quantitative estimate of drug-likeness (QED) is 0.749. The zero-order chi connectivity index (χ0) is 16.1. The van der Waals surface area contributed by atoms with Gasteiger partial charge >= 0.3 is 0 Å². The van der Waals surface area contributed by atoms with E-state index in [1.165, 1.54) is 35.9 Å². The van der Waals surface area contributed by atoms with E-state index in [2.05, 4.69) is 15.5 Å². The second-order valence-corrected chi connectivity index (χ2v) is 7.79. The molecule has 6 nitrogen and oxygen atoms in total. The van der Waals surface area contributed by atoms with E-state index in [0.717, 1.165) is 18.0 Å². The summed E-state index contributed by atoms with van der Waals surface area (Å²) in [7, 11) is 1.84. The maximum absolute atomic E-state index is 12.3. The van der Waals surface area contributed by atoms with Crippen LogP contribution in [-0.2, 0) is 11.3 Å². The van der Waals surface area contributed by atoms with Crippen molar-refractivity contribution < 1.29 is 4.79 Å². The molecule has 3 rings (SSSR count). The molecule has 0 radical (unpaired) electrons. The van der Waals surface area contributed by atoms with Gasteiger partial charge in [0.1, 0.15) is 0 Å². The zero-order valence-electron chi connectivity index (χ0n) is 13.2. The first-order valence-corrected chi connectivity index (χ1v) is 9.77. The van der Waals surface area contributed by atoms with E-state index < -0.39 is 0 Å². The van der Waals surface area contributed by atoms with E-state index in [-0.39, 0.29) is 5.91 Å². The van der Waals surface area contributed by atoms with Crippen LogP contribution in [0.3, 0.4) is 0 Å². The fraction of sp³-hybridized carbons (Fsp3) is 0.600. The summed E-state index contributed by atoms with van der Waals surface area (Å²) in [6, 6.07) is 4.44. The molecule has 2 heterocycles. The lowest BCUT2D eigenvalue weighted by Crippen LogP contribution is -2.27. The first-order chi connectivity index (χ1) is 11.2. The molecule has 0 aliphatic heterocycles. The van der Waals surface area contributed by atoms with Gasteiger partial charge in [-0.05, 0) is 34.7 Å². The van der Waals surface area contributed by atoms with E-state index in [9.17, 15) is 4.79 Å². The van der Waals surface area contributed by atoms with Crippen LogP contribution in [0.25, 0.3) is 0 Å². The summed E-state index contributed by atoms with van der Waals surface area (Å²) in [5, 5.41) is 14.8. The standard InChI is InChI=1S/C15H21N5OS2/c1-19(10-13-8-5-9-22-13)14(21)11-23-15-16-17-18-20(15)12-6-3-2-4-7-12/h5,8-9,12H,2-4,6-7,10-11H2,1H3. The average Bonchev–Trinajstić information content (AvgIpc) is 3.24. The van der Waals surface area contributed by atoms with Gasteiger partial charge in [-0.2, -0.15) is 0 Å². The summed E-state index contributed by atoms with van der Waals surface area (Å²) >= 11 is 3.10. The largest absolute Gasteiger partial charge is 0.340 e. The molecule has 0 aromatic carbocycles. The summed E-state index contributed by atoms with van der Waals surface area (Å²) in [5.74, 6) is 0.469. The fourth-order valence-electron chi connectivity index (χ4n) is 2.80. The number of amides is 1. The molecular weight excluding hydrogens is 330 g/mol. The van der Waals surface area contributed by atoms with Gasteiger partial charge in [0.15, 0.2) is 0 Å². The van der Waals surface area contributed by atoms with Gasteiger partial charge < -0.3 is 4.90 Å². The Morgan fingerprint density at radius 3 is 3.00 bits per heavy atom. The minimum atomic E-state index is 0.0987. The number of aromatic nitrogens is 4. The lowest BCUT2D eigenvalue weighted by molar-refractivity contribution is -0.127. The van der Waals surface area contributed by atoms with Crippen LogP contribution in [0.1, 0.15) is 43.0 Å². The van der Waals surface area contributed by atoms with Crippen molar-refractivity contribution in [2.24, 2.45) is 0 Å². The minimum absolute atomic E-state index is 0.0987. The molecule has 1 aliphatic rings. The van der Waals surface area contributed by atoms with Crippen molar-refractivity contribution in [2.45, 2.75) is 49.8 Å². The SMILES string of the molecule is CN(Cc1cccs1)C(=O)CSc1nnnn1C1CCCCC1. The van der Waals surface area contributed by atoms with Gasteiger partial charge in [-0.3, -0.25) is 4.79 Å². The molecule has 0 saturated heterocycles. The minimum Gasteiger partial charge on any atom is -0.340 e. The molecule has 0 unspecified atom stereocenters. The smallest absolute Gasteiger partial charge is 0.233 e. The molecule has 8 heteroatoms. The Kier molecular flexibility index (Phi) is 5.66. The van der Waals surface area contributed by atoms with Crippen LogP contribution in [-0.4, -0.2) is 43.8 Å². The highest BCUT2D eigenvalue weighted by molar-refractivity contribution is 7.99. The third-order valence-corrected chi connectivity index (χ3v) is 5.89. The number of thioether (sulfide) groups is 1. The normalized spacial score (nSPS) is 15.7. The highest BCUT2D eigenvalue weighted by Crippen LogP contribution is 2.30. The van der Waals surface area contributed by atoms with Crippen LogP contribution in [0, 0.1) is 0 Å². The van der Waals surface area contributed by atoms with Crippen LogP contribution in [0.4, 0.5) is 0 Å². The number of thiophene rings is 1. The summed E-state index contributed by atoms with van der Waals surface area (Å²) in [6.07, 6.45) is 6.02. The predicted octanol–water partition coefficient (Wildman–Crippen LogP) is 2.99. The Balaban J connectivity index is 1.53. The number of hydrogen-bond donors (Lipinski definition) is 0. The third kappa shape index (κ3) is 4.32. The van der Waals surface area contributed by atoms with Gasteiger partial charge in [-0.1, -0.05) is 37.1 Å². The Morgan fingerprint density at radius 2 is 2.26 bits per heavy atom. The van der Waals surface area contributed by atoms with Crippen LogP contribution in [0.15, 0.2) is 22.7 Å². The van der Waals surface area contributed by atoms with Gasteiger partial charge in [0.25, 0.3) is 0 Å². The monoisotopic (exact) mass is 351 g/mol. The van der Waals surface area contributed by atoms with Gasteiger partial charge in [0, 0.05) is 11.9 Å². The molecule has 1 fully saturated rings. The second kappa shape index (κ2) is 7.92. The number of carbonyl (C=O) groups excluding carboxylic acids is 1. The van der Waals surface area contributed by atoms with E-state index in [0.29, 0.717) is 18.3 Å². The lowest BCUT2D eigenvalue weighted by Gasteiger charge is -2.22. The van der Waals surface area contributed by atoms with Crippen molar-refractivity contribution in [3.05, 3.63) is 22.4 Å². The molecule has 0 spiro atoms. The maximum Gasteiger partial charge on any atom is 0.233 e. The van der Waals surface area contributed by atoms with E-state index in [1.807, 2.05) is 29.2 Å².